The van der Waals surface area contributed by atoms with Gasteiger partial charge in [0.1, 0.15) is 0 Å². The number of nitrogens with two attached hydrogens (primary N) is 1. The van der Waals surface area contributed by atoms with Crippen molar-refractivity contribution >= 4 is 0 Å². The molecule has 2 unspecified atom stereocenters. The van der Waals surface area contributed by atoms with Crippen LogP contribution in [0.2, 0.25) is 0 Å². The van der Waals surface area contributed by atoms with Crippen LogP contribution in [0, 0.1) is 5.92 Å². The molecule has 0 aromatic carbocycles. The molecular formula is C12H22F3NO. The molecule has 1 aliphatic carbocycles. The number of halogens is 3. The van der Waals surface area contributed by atoms with Gasteiger partial charge < -0.3 is 10.8 Å². The zero-order valence-electron chi connectivity index (χ0n) is 10.5. The van der Waals surface area contributed by atoms with Crippen LogP contribution in [0.5, 0.6) is 0 Å². The predicted molar refractivity (Wildman–Crippen MR) is 60.5 cm³/mol. The number of hydrogen-bond acceptors (Lipinski definition) is 2. The lowest BCUT2D eigenvalue weighted by Crippen LogP contribution is -2.62. The molecule has 0 heterocycles. The van der Waals surface area contributed by atoms with Gasteiger partial charge in [0.2, 0.25) is 0 Å². The Morgan fingerprint density at radius 2 is 1.82 bits per heavy atom. The standard InChI is InChI=1S/C12H22F3NO/c1-3-10(16,4-2)11(17)7-5-6-9(8-11)12(13,14)15/h9,17H,3-8,16H2,1-2H3. The van der Waals surface area contributed by atoms with Crippen LogP contribution in [0.15, 0.2) is 0 Å². The second kappa shape index (κ2) is 4.76. The summed E-state index contributed by atoms with van der Waals surface area (Å²) in [5.74, 6) is -1.41. The molecule has 5 heteroatoms. The van der Waals surface area contributed by atoms with Gasteiger partial charge >= 0.3 is 6.18 Å². The van der Waals surface area contributed by atoms with Crippen LogP contribution < -0.4 is 5.73 Å². The second-order valence-corrected chi connectivity index (χ2v) is 5.23. The molecule has 17 heavy (non-hydrogen) atoms. The van der Waals surface area contributed by atoms with Crippen molar-refractivity contribution in [3.63, 3.8) is 0 Å². The van der Waals surface area contributed by atoms with Crippen LogP contribution in [0.4, 0.5) is 13.2 Å². The zero-order valence-corrected chi connectivity index (χ0v) is 10.5. The number of rotatable bonds is 3. The van der Waals surface area contributed by atoms with Crippen molar-refractivity contribution in [3.8, 4) is 0 Å². The van der Waals surface area contributed by atoms with Gasteiger partial charge in [-0.2, -0.15) is 13.2 Å². The van der Waals surface area contributed by atoms with Crippen LogP contribution >= 0.6 is 0 Å². The lowest BCUT2D eigenvalue weighted by atomic mass is 9.65. The minimum absolute atomic E-state index is 0.106. The normalized spacial score (nSPS) is 31.6. The quantitative estimate of drug-likeness (QED) is 0.812. The van der Waals surface area contributed by atoms with Gasteiger partial charge in [0.05, 0.1) is 11.5 Å². The van der Waals surface area contributed by atoms with E-state index in [1.807, 2.05) is 13.8 Å². The molecule has 1 saturated carbocycles. The van der Waals surface area contributed by atoms with Crippen molar-refractivity contribution in [2.45, 2.75) is 69.7 Å². The Labute approximate surface area is 100 Å². The van der Waals surface area contributed by atoms with Crippen LogP contribution in [0.1, 0.15) is 52.4 Å². The molecule has 102 valence electrons. The Kier molecular flexibility index (Phi) is 4.14. The van der Waals surface area contributed by atoms with Gasteiger partial charge in [0, 0.05) is 5.54 Å². The van der Waals surface area contributed by atoms with E-state index >= 15 is 0 Å². The van der Waals surface area contributed by atoms with Crippen molar-refractivity contribution in [1.82, 2.24) is 0 Å². The molecular weight excluding hydrogens is 231 g/mol. The predicted octanol–water partition coefficient (Wildman–Crippen LogP) is 2.99. The largest absolute Gasteiger partial charge is 0.391 e. The van der Waals surface area contributed by atoms with E-state index in [4.69, 9.17) is 5.73 Å². The molecule has 0 amide bonds. The summed E-state index contributed by atoms with van der Waals surface area (Å²) in [5.41, 5.74) is 3.81. The van der Waals surface area contributed by atoms with Gasteiger partial charge in [-0.1, -0.05) is 13.8 Å². The van der Waals surface area contributed by atoms with E-state index in [0.717, 1.165) is 0 Å². The maximum atomic E-state index is 12.7. The van der Waals surface area contributed by atoms with E-state index in [0.29, 0.717) is 25.7 Å². The Bertz CT molecular complexity index is 263. The second-order valence-electron chi connectivity index (χ2n) is 5.23. The fourth-order valence-corrected chi connectivity index (χ4v) is 2.89. The highest BCUT2D eigenvalue weighted by Gasteiger charge is 2.53. The Balaban J connectivity index is 2.90. The molecule has 0 radical (unpaired) electrons. The van der Waals surface area contributed by atoms with Crippen molar-refractivity contribution < 1.29 is 18.3 Å². The van der Waals surface area contributed by atoms with Crippen molar-refractivity contribution in [2.75, 3.05) is 0 Å². The summed E-state index contributed by atoms with van der Waals surface area (Å²) in [4.78, 5) is 0. The molecule has 0 aromatic rings. The van der Waals surface area contributed by atoms with Crippen molar-refractivity contribution in [2.24, 2.45) is 11.7 Å². The van der Waals surface area contributed by atoms with Crippen LogP contribution in [-0.2, 0) is 0 Å². The number of hydrogen-bond donors (Lipinski definition) is 2. The fourth-order valence-electron chi connectivity index (χ4n) is 2.89. The van der Waals surface area contributed by atoms with E-state index in [2.05, 4.69) is 0 Å². The molecule has 3 N–H and O–H groups in total. The van der Waals surface area contributed by atoms with E-state index in [-0.39, 0.29) is 12.8 Å². The van der Waals surface area contributed by atoms with Gasteiger partial charge in [-0.05, 0) is 38.5 Å². The highest BCUT2D eigenvalue weighted by atomic mass is 19.4. The van der Waals surface area contributed by atoms with E-state index in [1.54, 1.807) is 0 Å². The van der Waals surface area contributed by atoms with E-state index < -0.39 is 23.2 Å². The molecule has 1 aliphatic rings. The zero-order chi connectivity index (χ0) is 13.3. The van der Waals surface area contributed by atoms with Crippen molar-refractivity contribution in [1.29, 1.82) is 0 Å². The molecule has 1 rings (SSSR count). The first kappa shape index (κ1) is 14.8. The minimum atomic E-state index is -4.23. The van der Waals surface area contributed by atoms with Crippen LogP contribution in [0.3, 0.4) is 0 Å². The van der Waals surface area contributed by atoms with Gasteiger partial charge in [-0.25, -0.2) is 0 Å². The first-order chi connectivity index (χ1) is 7.68. The summed E-state index contributed by atoms with van der Waals surface area (Å²) in [5, 5.41) is 10.5. The third kappa shape index (κ3) is 2.76. The van der Waals surface area contributed by atoms with Gasteiger partial charge in [-0.15, -0.1) is 0 Å². The third-order valence-electron chi connectivity index (χ3n) is 4.38. The first-order valence-corrected chi connectivity index (χ1v) is 6.26. The van der Waals surface area contributed by atoms with E-state index in [1.165, 1.54) is 0 Å². The molecule has 1 fully saturated rings. The smallest absolute Gasteiger partial charge is 0.388 e. The van der Waals surface area contributed by atoms with Crippen molar-refractivity contribution in [3.05, 3.63) is 0 Å². The Morgan fingerprint density at radius 1 is 1.29 bits per heavy atom. The summed E-state index contributed by atoms with van der Waals surface area (Å²) in [6.45, 7) is 3.64. The summed E-state index contributed by atoms with van der Waals surface area (Å²) in [6, 6.07) is 0. The van der Waals surface area contributed by atoms with E-state index in [9.17, 15) is 18.3 Å². The Hall–Kier alpha value is -0.290. The number of alkyl halides is 3. The third-order valence-corrected chi connectivity index (χ3v) is 4.38. The molecule has 0 aliphatic heterocycles. The fraction of sp³-hybridized carbons (Fsp3) is 1.00. The van der Waals surface area contributed by atoms with Gasteiger partial charge in [-0.3, -0.25) is 0 Å². The van der Waals surface area contributed by atoms with Crippen LogP contribution in [-0.4, -0.2) is 22.4 Å². The molecule has 0 saturated heterocycles. The Morgan fingerprint density at radius 3 is 2.24 bits per heavy atom. The average molecular weight is 253 g/mol. The topological polar surface area (TPSA) is 46.2 Å². The summed E-state index contributed by atoms with van der Waals surface area (Å²) >= 11 is 0. The summed E-state index contributed by atoms with van der Waals surface area (Å²) in [6.07, 6.45) is -2.63. The SMILES string of the molecule is CCC(N)(CC)C1(O)CCCC(C(F)(F)F)C1. The minimum Gasteiger partial charge on any atom is -0.388 e. The monoisotopic (exact) mass is 253 g/mol. The van der Waals surface area contributed by atoms with Crippen LogP contribution in [0.25, 0.3) is 0 Å². The molecule has 0 spiro atoms. The summed E-state index contributed by atoms with van der Waals surface area (Å²) in [7, 11) is 0. The highest BCUT2D eigenvalue weighted by Crippen LogP contribution is 2.46. The van der Waals surface area contributed by atoms with Gasteiger partial charge in [0.25, 0.3) is 0 Å². The molecule has 0 bridgehead atoms. The molecule has 2 nitrogen and oxygen atoms in total. The summed E-state index contributed by atoms with van der Waals surface area (Å²) < 4.78 is 38.2. The number of aliphatic hydroxyl groups is 1. The lowest BCUT2D eigenvalue weighted by Gasteiger charge is -2.48. The maximum absolute atomic E-state index is 12.7. The molecule has 2 atom stereocenters. The lowest BCUT2D eigenvalue weighted by molar-refractivity contribution is -0.209. The highest BCUT2D eigenvalue weighted by molar-refractivity contribution is 5.05. The maximum Gasteiger partial charge on any atom is 0.391 e. The first-order valence-electron chi connectivity index (χ1n) is 6.26. The average Bonchev–Trinajstić information content (AvgIpc) is 2.26. The van der Waals surface area contributed by atoms with Gasteiger partial charge in [0.15, 0.2) is 0 Å². The molecule has 0 aromatic heterocycles.